The lowest BCUT2D eigenvalue weighted by atomic mass is 10.2. The van der Waals surface area contributed by atoms with Gasteiger partial charge in [0, 0.05) is 0 Å². The summed E-state index contributed by atoms with van der Waals surface area (Å²) in [5.41, 5.74) is 5.59. The second-order valence-corrected chi connectivity index (χ2v) is 6.25. The van der Waals surface area contributed by atoms with E-state index in [1.54, 1.807) is 6.92 Å². The highest BCUT2D eigenvalue weighted by Gasteiger charge is 2.16. The van der Waals surface area contributed by atoms with Gasteiger partial charge in [0.1, 0.15) is 0 Å². The number of benzene rings is 1. The standard InChI is InChI=1S/C11H15F2NO2S/c1-8(5-14)6-17(15,16)7-9-2-3-10(12)11(13)4-9/h2-4,8H,5-7,14H2,1H3. The minimum atomic E-state index is -3.34. The summed E-state index contributed by atoms with van der Waals surface area (Å²) < 4.78 is 48.9. The largest absolute Gasteiger partial charge is 0.330 e. The zero-order chi connectivity index (χ0) is 13.1. The van der Waals surface area contributed by atoms with Crippen LogP contribution in [-0.4, -0.2) is 20.7 Å². The van der Waals surface area contributed by atoms with E-state index in [-0.39, 0.29) is 29.5 Å². The average molecular weight is 263 g/mol. The Hall–Kier alpha value is -1.01. The molecule has 1 aromatic carbocycles. The smallest absolute Gasteiger partial charge is 0.159 e. The van der Waals surface area contributed by atoms with Gasteiger partial charge in [-0.3, -0.25) is 0 Å². The lowest BCUT2D eigenvalue weighted by Crippen LogP contribution is -2.22. The summed E-state index contributed by atoms with van der Waals surface area (Å²) >= 11 is 0. The molecule has 17 heavy (non-hydrogen) atoms. The molecule has 0 radical (unpaired) electrons. The SMILES string of the molecule is CC(CN)CS(=O)(=O)Cc1ccc(F)c(F)c1. The molecule has 2 N–H and O–H groups in total. The molecule has 0 saturated carbocycles. The molecular weight excluding hydrogens is 248 g/mol. The first-order chi connectivity index (χ1) is 7.84. The second kappa shape index (κ2) is 5.55. The molecule has 1 aromatic rings. The second-order valence-electron chi connectivity index (χ2n) is 4.14. The van der Waals surface area contributed by atoms with E-state index in [4.69, 9.17) is 5.73 Å². The van der Waals surface area contributed by atoms with Crippen molar-refractivity contribution >= 4 is 9.84 Å². The summed E-state index contributed by atoms with van der Waals surface area (Å²) in [5.74, 6) is -2.52. The molecule has 0 bridgehead atoms. The van der Waals surface area contributed by atoms with E-state index in [1.807, 2.05) is 0 Å². The number of rotatable bonds is 5. The molecule has 0 aliphatic rings. The molecule has 1 atom stereocenters. The molecular formula is C11H15F2NO2S. The Morgan fingerprint density at radius 1 is 1.29 bits per heavy atom. The summed E-state index contributed by atoms with van der Waals surface area (Å²) in [6, 6.07) is 3.09. The van der Waals surface area contributed by atoms with Crippen LogP contribution in [0.5, 0.6) is 0 Å². The van der Waals surface area contributed by atoms with Crippen LogP contribution in [0.4, 0.5) is 8.78 Å². The molecule has 0 fully saturated rings. The summed E-state index contributed by atoms with van der Waals surface area (Å²) in [7, 11) is -3.34. The summed E-state index contributed by atoms with van der Waals surface area (Å²) in [6.45, 7) is 2.00. The molecule has 0 amide bonds. The van der Waals surface area contributed by atoms with E-state index in [2.05, 4.69) is 0 Å². The van der Waals surface area contributed by atoms with E-state index in [0.29, 0.717) is 0 Å². The number of sulfone groups is 1. The minimum Gasteiger partial charge on any atom is -0.330 e. The molecule has 0 saturated heterocycles. The maximum absolute atomic E-state index is 12.9. The highest BCUT2D eigenvalue weighted by Crippen LogP contribution is 2.13. The van der Waals surface area contributed by atoms with Gasteiger partial charge in [-0.1, -0.05) is 13.0 Å². The van der Waals surface area contributed by atoms with Gasteiger partial charge in [-0.05, 0) is 30.2 Å². The van der Waals surface area contributed by atoms with Crippen molar-refractivity contribution in [3.05, 3.63) is 35.4 Å². The maximum atomic E-state index is 12.9. The fraction of sp³-hybridized carbons (Fsp3) is 0.455. The van der Waals surface area contributed by atoms with E-state index >= 15 is 0 Å². The first-order valence-corrected chi connectivity index (χ1v) is 7.00. The lowest BCUT2D eigenvalue weighted by Gasteiger charge is -2.09. The van der Waals surface area contributed by atoms with Gasteiger partial charge in [-0.15, -0.1) is 0 Å². The zero-order valence-electron chi connectivity index (χ0n) is 9.49. The first-order valence-electron chi connectivity index (χ1n) is 5.18. The Morgan fingerprint density at radius 3 is 2.47 bits per heavy atom. The van der Waals surface area contributed by atoms with Gasteiger partial charge in [0.05, 0.1) is 11.5 Å². The van der Waals surface area contributed by atoms with Crippen molar-refractivity contribution in [2.24, 2.45) is 11.7 Å². The van der Waals surface area contributed by atoms with Crippen LogP contribution in [0.1, 0.15) is 12.5 Å². The summed E-state index contributed by atoms with van der Waals surface area (Å²) in [6.07, 6.45) is 0. The van der Waals surface area contributed by atoms with Crippen molar-refractivity contribution in [1.82, 2.24) is 0 Å². The monoisotopic (exact) mass is 263 g/mol. The van der Waals surface area contributed by atoms with Crippen LogP contribution < -0.4 is 5.73 Å². The van der Waals surface area contributed by atoms with Crippen LogP contribution in [0.25, 0.3) is 0 Å². The highest BCUT2D eigenvalue weighted by molar-refractivity contribution is 7.90. The molecule has 0 aromatic heterocycles. The summed E-state index contributed by atoms with van der Waals surface area (Å²) in [4.78, 5) is 0. The molecule has 0 aliphatic carbocycles. The maximum Gasteiger partial charge on any atom is 0.159 e. The fourth-order valence-corrected chi connectivity index (χ4v) is 3.25. The molecule has 0 heterocycles. The topological polar surface area (TPSA) is 60.2 Å². The number of hydrogen-bond acceptors (Lipinski definition) is 3. The van der Waals surface area contributed by atoms with Crippen LogP contribution in [0.15, 0.2) is 18.2 Å². The van der Waals surface area contributed by atoms with Crippen molar-refractivity contribution in [3.63, 3.8) is 0 Å². The Bertz CT molecular complexity index is 488. The quantitative estimate of drug-likeness (QED) is 0.875. The van der Waals surface area contributed by atoms with Gasteiger partial charge in [0.2, 0.25) is 0 Å². The highest BCUT2D eigenvalue weighted by atomic mass is 32.2. The third-order valence-corrected chi connectivity index (χ3v) is 4.16. The molecule has 96 valence electrons. The Morgan fingerprint density at radius 2 is 1.94 bits per heavy atom. The van der Waals surface area contributed by atoms with E-state index in [9.17, 15) is 17.2 Å². The normalized spacial score (nSPS) is 13.6. The van der Waals surface area contributed by atoms with E-state index in [1.165, 1.54) is 6.07 Å². The Balaban J connectivity index is 2.80. The Kier molecular flexibility index (Phi) is 4.59. The summed E-state index contributed by atoms with van der Waals surface area (Å²) in [5, 5.41) is 0. The number of nitrogens with two attached hydrogens (primary N) is 1. The van der Waals surface area contributed by atoms with E-state index < -0.39 is 21.5 Å². The van der Waals surface area contributed by atoms with E-state index in [0.717, 1.165) is 12.1 Å². The van der Waals surface area contributed by atoms with Crippen molar-refractivity contribution in [3.8, 4) is 0 Å². The number of hydrogen-bond donors (Lipinski definition) is 1. The number of halogens is 2. The van der Waals surface area contributed by atoms with Gasteiger partial charge < -0.3 is 5.73 Å². The van der Waals surface area contributed by atoms with Gasteiger partial charge in [0.15, 0.2) is 21.5 Å². The van der Waals surface area contributed by atoms with Gasteiger partial charge >= 0.3 is 0 Å². The predicted molar refractivity (Wildman–Crippen MR) is 62.1 cm³/mol. The molecule has 3 nitrogen and oxygen atoms in total. The predicted octanol–water partition coefficient (Wildman–Crippen LogP) is 1.47. The molecule has 1 unspecified atom stereocenters. The fourth-order valence-electron chi connectivity index (χ4n) is 1.44. The van der Waals surface area contributed by atoms with Crippen molar-refractivity contribution in [1.29, 1.82) is 0 Å². The molecule has 0 spiro atoms. The van der Waals surface area contributed by atoms with Gasteiger partial charge in [0.25, 0.3) is 0 Å². The first kappa shape index (κ1) is 14.1. The molecule has 1 rings (SSSR count). The van der Waals surface area contributed by atoms with Crippen molar-refractivity contribution in [2.75, 3.05) is 12.3 Å². The lowest BCUT2D eigenvalue weighted by molar-refractivity contribution is 0.507. The van der Waals surface area contributed by atoms with Crippen LogP contribution >= 0.6 is 0 Å². The van der Waals surface area contributed by atoms with Crippen LogP contribution in [0.3, 0.4) is 0 Å². The Labute approximate surface area is 99.6 Å². The third-order valence-electron chi connectivity index (χ3n) is 2.31. The average Bonchev–Trinajstić information content (AvgIpc) is 2.22. The van der Waals surface area contributed by atoms with Crippen LogP contribution in [-0.2, 0) is 15.6 Å². The van der Waals surface area contributed by atoms with Crippen LogP contribution in [0, 0.1) is 17.6 Å². The van der Waals surface area contributed by atoms with Crippen LogP contribution in [0.2, 0.25) is 0 Å². The molecule has 0 aliphatic heterocycles. The zero-order valence-corrected chi connectivity index (χ0v) is 10.3. The molecule has 6 heteroatoms. The van der Waals surface area contributed by atoms with Crippen molar-refractivity contribution < 1.29 is 17.2 Å². The van der Waals surface area contributed by atoms with Crippen molar-refractivity contribution in [2.45, 2.75) is 12.7 Å². The van der Waals surface area contributed by atoms with Gasteiger partial charge in [-0.25, -0.2) is 17.2 Å². The van der Waals surface area contributed by atoms with Gasteiger partial charge in [-0.2, -0.15) is 0 Å². The minimum absolute atomic E-state index is 0.0531. The third kappa shape index (κ3) is 4.40.